The first kappa shape index (κ1) is 16.3. The molecule has 21 heavy (non-hydrogen) atoms. The van der Waals surface area contributed by atoms with E-state index < -0.39 is 0 Å². The number of hydrogen-bond donors (Lipinski definition) is 0. The molecule has 2 rings (SSSR count). The van der Waals surface area contributed by atoms with E-state index in [1.54, 1.807) is 6.08 Å². The van der Waals surface area contributed by atoms with E-state index in [2.05, 4.69) is 38.8 Å². The van der Waals surface area contributed by atoms with Crippen molar-refractivity contribution in [1.29, 1.82) is 0 Å². The molecular weight excluding hydrogens is 260 g/mol. The van der Waals surface area contributed by atoms with E-state index in [1.807, 2.05) is 4.90 Å². The highest BCUT2D eigenvalue weighted by molar-refractivity contribution is 5.88. The maximum Gasteiger partial charge on any atom is 0.246 e. The van der Waals surface area contributed by atoms with Crippen LogP contribution in [-0.2, 0) is 4.79 Å². The lowest BCUT2D eigenvalue weighted by atomic mass is 9.72. The van der Waals surface area contributed by atoms with E-state index in [-0.39, 0.29) is 11.3 Å². The molecule has 0 aromatic rings. The van der Waals surface area contributed by atoms with Gasteiger partial charge >= 0.3 is 0 Å². The molecule has 3 nitrogen and oxygen atoms in total. The van der Waals surface area contributed by atoms with Crippen molar-refractivity contribution in [3.8, 4) is 0 Å². The van der Waals surface area contributed by atoms with Crippen LogP contribution in [0.3, 0.4) is 0 Å². The van der Waals surface area contributed by atoms with Gasteiger partial charge in [-0.05, 0) is 57.2 Å². The third-order valence-electron chi connectivity index (χ3n) is 4.97. The Hall–Kier alpha value is -1.09. The summed E-state index contributed by atoms with van der Waals surface area (Å²) in [6.07, 6.45) is 8.62. The van der Waals surface area contributed by atoms with Crippen molar-refractivity contribution < 1.29 is 4.79 Å². The van der Waals surface area contributed by atoms with Gasteiger partial charge in [0.2, 0.25) is 5.91 Å². The fourth-order valence-corrected chi connectivity index (χ4v) is 3.54. The summed E-state index contributed by atoms with van der Waals surface area (Å²) >= 11 is 0. The van der Waals surface area contributed by atoms with E-state index in [4.69, 9.17) is 0 Å². The highest BCUT2D eigenvalue weighted by Crippen LogP contribution is 2.40. The third-order valence-corrected chi connectivity index (χ3v) is 4.97. The lowest BCUT2D eigenvalue weighted by Crippen LogP contribution is -2.33. The number of carbonyl (C=O) groups excluding carboxylic acids is 1. The molecule has 0 unspecified atom stereocenters. The van der Waals surface area contributed by atoms with Crippen LogP contribution in [-0.4, -0.2) is 48.9 Å². The van der Waals surface area contributed by atoms with E-state index in [0.29, 0.717) is 0 Å². The van der Waals surface area contributed by atoms with Gasteiger partial charge in [-0.3, -0.25) is 4.79 Å². The number of likely N-dealkylation sites (N-methyl/N-ethyl adjacent to an activating group) is 1. The van der Waals surface area contributed by atoms with Crippen LogP contribution in [0.15, 0.2) is 23.3 Å². The van der Waals surface area contributed by atoms with Crippen LogP contribution in [0.25, 0.3) is 0 Å². The molecular formula is C18H30N2O. The van der Waals surface area contributed by atoms with Gasteiger partial charge in [-0.1, -0.05) is 25.5 Å². The van der Waals surface area contributed by atoms with Gasteiger partial charge in [0.25, 0.3) is 0 Å². The molecule has 1 aliphatic heterocycles. The Kier molecular flexibility index (Phi) is 5.26. The van der Waals surface area contributed by atoms with Gasteiger partial charge in [0.05, 0.1) is 0 Å². The quantitative estimate of drug-likeness (QED) is 0.729. The molecule has 1 amide bonds. The Bertz CT molecular complexity index is 448. The second-order valence-corrected chi connectivity index (χ2v) is 7.25. The molecule has 1 fully saturated rings. The number of rotatable bonds is 2. The van der Waals surface area contributed by atoms with Gasteiger partial charge in [-0.25, -0.2) is 0 Å². The van der Waals surface area contributed by atoms with Crippen molar-refractivity contribution in [2.45, 2.75) is 46.5 Å². The fraction of sp³-hybridized carbons (Fsp3) is 0.722. The smallest absolute Gasteiger partial charge is 0.246 e. The first-order valence-corrected chi connectivity index (χ1v) is 8.26. The van der Waals surface area contributed by atoms with Crippen molar-refractivity contribution in [2.24, 2.45) is 5.41 Å². The van der Waals surface area contributed by atoms with E-state index in [1.165, 1.54) is 30.4 Å². The number of nitrogens with zero attached hydrogens (tertiary/aromatic N) is 2. The van der Waals surface area contributed by atoms with Crippen molar-refractivity contribution in [2.75, 3.05) is 33.2 Å². The minimum Gasteiger partial charge on any atom is -0.338 e. The Morgan fingerprint density at radius 2 is 1.90 bits per heavy atom. The Morgan fingerprint density at radius 3 is 2.62 bits per heavy atom. The van der Waals surface area contributed by atoms with Gasteiger partial charge in [-0.15, -0.1) is 0 Å². The zero-order valence-corrected chi connectivity index (χ0v) is 14.1. The zero-order chi connectivity index (χ0) is 15.5. The molecule has 1 aliphatic carbocycles. The molecule has 0 radical (unpaired) electrons. The minimum absolute atomic E-state index is 0.173. The number of amides is 1. The summed E-state index contributed by atoms with van der Waals surface area (Å²) in [4.78, 5) is 16.7. The summed E-state index contributed by atoms with van der Waals surface area (Å²) < 4.78 is 0. The SMILES string of the molecule is CC1=C(/C=C/C(=O)N2CCCN(C)CC2)C(C)(C)CCC1. The number of hydrogen-bond acceptors (Lipinski definition) is 2. The average Bonchev–Trinajstić information content (AvgIpc) is 2.62. The van der Waals surface area contributed by atoms with Gasteiger partial charge in [-0.2, -0.15) is 0 Å². The highest BCUT2D eigenvalue weighted by atomic mass is 16.2. The van der Waals surface area contributed by atoms with Crippen LogP contribution in [0.1, 0.15) is 46.5 Å². The summed E-state index contributed by atoms with van der Waals surface area (Å²) in [5.74, 6) is 0.173. The predicted molar refractivity (Wildman–Crippen MR) is 88.2 cm³/mol. The Morgan fingerprint density at radius 1 is 1.14 bits per heavy atom. The summed E-state index contributed by atoms with van der Waals surface area (Å²) in [6, 6.07) is 0. The largest absolute Gasteiger partial charge is 0.338 e. The lowest BCUT2D eigenvalue weighted by molar-refractivity contribution is -0.125. The molecule has 0 atom stereocenters. The van der Waals surface area contributed by atoms with Crippen molar-refractivity contribution in [1.82, 2.24) is 9.80 Å². The number of allylic oxidation sites excluding steroid dienone is 3. The molecule has 1 heterocycles. The van der Waals surface area contributed by atoms with E-state index >= 15 is 0 Å². The minimum atomic E-state index is 0.173. The highest BCUT2D eigenvalue weighted by Gasteiger charge is 2.27. The van der Waals surface area contributed by atoms with Gasteiger partial charge < -0.3 is 9.80 Å². The standard InChI is InChI=1S/C18H30N2O/c1-15-7-5-10-18(2,3)16(15)8-9-17(21)20-12-6-11-19(4)13-14-20/h8-9H,5-7,10-14H2,1-4H3/b9-8+. The Balaban J connectivity index is 2.04. The van der Waals surface area contributed by atoms with Crippen LogP contribution in [0.4, 0.5) is 0 Å². The van der Waals surface area contributed by atoms with Crippen molar-refractivity contribution >= 4 is 5.91 Å². The molecule has 0 spiro atoms. The van der Waals surface area contributed by atoms with Crippen LogP contribution >= 0.6 is 0 Å². The summed E-state index contributed by atoms with van der Waals surface area (Å²) in [7, 11) is 2.13. The molecule has 0 aromatic carbocycles. The predicted octanol–water partition coefficient (Wildman–Crippen LogP) is 3.23. The molecule has 0 aromatic heterocycles. The second kappa shape index (κ2) is 6.78. The van der Waals surface area contributed by atoms with Gasteiger partial charge in [0.15, 0.2) is 0 Å². The normalized spacial score (nSPS) is 24.5. The molecule has 0 N–H and O–H groups in total. The monoisotopic (exact) mass is 290 g/mol. The van der Waals surface area contributed by atoms with Crippen LogP contribution in [0.5, 0.6) is 0 Å². The first-order valence-electron chi connectivity index (χ1n) is 8.26. The molecule has 2 aliphatic rings. The maximum atomic E-state index is 12.4. The lowest BCUT2D eigenvalue weighted by Gasteiger charge is -2.33. The summed E-state index contributed by atoms with van der Waals surface area (Å²) in [5, 5.41) is 0. The third kappa shape index (κ3) is 4.19. The molecule has 118 valence electrons. The van der Waals surface area contributed by atoms with Crippen molar-refractivity contribution in [3.63, 3.8) is 0 Å². The van der Waals surface area contributed by atoms with Gasteiger partial charge in [0.1, 0.15) is 0 Å². The summed E-state index contributed by atoms with van der Waals surface area (Å²) in [6.45, 7) is 10.6. The summed E-state index contributed by atoms with van der Waals surface area (Å²) in [5.41, 5.74) is 3.03. The number of carbonyl (C=O) groups is 1. The zero-order valence-electron chi connectivity index (χ0n) is 14.1. The molecule has 3 heteroatoms. The van der Waals surface area contributed by atoms with Crippen LogP contribution < -0.4 is 0 Å². The van der Waals surface area contributed by atoms with E-state index in [9.17, 15) is 4.79 Å². The molecule has 0 bridgehead atoms. The van der Waals surface area contributed by atoms with Crippen LogP contribution in [0, 0.1) is 5.41 Å². The first-order chi connectivity index (χ1) is 9.90. The van der Waals surface area contributed by atoms with Crippen molar-refractivity contribution in [3.05, 3.63) is 23.3 Å². The fourth-order valence-electron chi connectivity index (χ4n) is 3.54. The average molecular weight is 290 g/mol. The second-order valence-electron chi connectivity index (χ2n) is 7.25. The van der Waals surface area contributed by atoms with Crippen LogP contribution in [0.2, 0.25) is 0 Å². The molecule has 1 saturated heterocycles. The van der Waals surface area contributed by atoms with E-state index in [0.717, 1.165) is 32.6 Å². The maximum absolute atomic E-state index is 12.4. The Labute approximate surface area is 129 Å². The molecule has 0 saturated carbocycles. The topological polar surface area (TPSA) is 23.6 Å². The van der Waals surface area contributed by atoms with Gasteiger partial charge in [0, 0.05) is 25.7 Å².